The fourth-order valence-electron chi connectivity index (χ4n) is 3.29. The molecule has 0 aromatic rings. The highest BCUT2D eigenvalue weighted by molar-refractivity contribution is 8.76. The van der Waals surface area contributed by atoms with Gasteiger partial charge in [0.2, 0.25) is 11.8 Å². The fraction of sp³-hybridized carbons (Fsp3) is 0.789. The average Bonchev–Trinajstić information content (AvgIpc) is 3.24. The lowest BCUT2D eigenvalue weighted by Crippen LogP contribution is -2.36. The summed E-state index contributed by atoms with van der Waals surface area (Å²) in [5.74, 6) is 2.62. The Bertz CT molecular complexity index is 608. The third-order valence-corrected chi connectivity index (χ3v) is 8.80. The molecule has 2 aliphatic heterocycles. The van der Waals surface area contributed by atoms with E-state index in [9.17, 15) is 19.2 Å². The van der Waals surface area contributed by atoms with Crippen molar-refractivity contribution in [3.8, 4) is 0 Å². The lowest BCUT2D eigenvalue weighted by Gasteiger charge is -2.16. The molecule has 2 heterocycles. The highest BCUT2D eigenvalue weighted by Gasteiger charge is 2.42. The Kier molecular flexibility index (Phi) is 11.8. The topological polar surface area (TPSA) is 116 Å². The highest BCUT2D eigenvalue weighted by atomic mass is 33.1. The molecule has 30 heavy (non-hydrogen) atoms. The molecule has 2 saturated heterocycles. The molecule has 0 aromatic heterocycles. The summed E-state index contributed by atoms with van der Waals surface area (Å²) in [6.07, 6.45) is 4.28. The lowest BCUT2D eigenvalue weighted by molar-refractivity contribution is -0.122. The number of rotatable bonds is 15. The average molecular weight is 477 g/mol. The van der Waals surface area contributed by atoms with Gasteiger partial charge in [-0.15, -0.1) is 0 Å². The Morgan fingerprint density at radius 1 is 1.00 bits per heavy atom. The van der Waals surface area contributed by atoms with E-state index in [1.54, 1.807) is 28.5 Å². The summed E-state index contributed by atoms with van der Waals surface area (Å²) in [5, 5.41) is 12.0. The molecule has 8 nitrogen and oxygen atoms in total. The monoisotopic (exact) mass is 476 g/mol. The number of thioether (sulfide) groups is 1. The maximum Gasteiger partial charge on any atom is 0.315 e. The van der Waals surface area contributed by atoms with Crippen LogP contribution in [0.2, 0.25) is 0 Å². The summed E-state index contributed by atoms with van der Waals surface area (Å²) < 4.78 is 0. The minimum absolute atomic E-state index is 0.00876. The molecule has 3 atom stereocenters. The first-order valence-corrected chi connectivity index (χ1v) is 13.9. The zero-order valence-corrected chi connectivity index (χ0v) is 19.8. The van der Waals surface area contributed by atoms with Crippen molar-refractivity contribution in [2.75, 3.05) is 30.3 Å². The second-order valence-corrected chi connectivity index (χ2v) is 11.4. The molecule has 4 amide bonds. The molecular weight excluding hydrogens is 444 g/mol. The van der Waals surface area contributed by atoms with E-state index in [0.717, 1.165) is 30.8 Å². The van der Waals surface area contributed by atoms with E-state index in [1.807, 2.05) is 11.8 Å². The molecule has 11 heteroatoms. The zero-order chi connectivity index (χ0) is 21.8. The van der Waals surface area contributed by atoms with Gasteiger partial charge in [0.1, 0.15) is 5.78 Å². The number of hydrogen-bond acceptors (Lipinski definition) is 7. The van der Waals surface area contributed by atoms with Gasteiger partial charge in [0, 0.05) is 54.9 Å². The number of hydrogen-bond donors (Lipinski definition) is 4. The first-order valence-electron chi connectivity index (χ1n) is 10.4. The minimum atomic E-state index is -0.0657. The summed E-state index contributed by atoms with van der Waals surface area (Å²) in [6.45, 7) is 2.45. The van der Waals surface area contributed by atoms with E-state index in [1.165, 1.54) is 0 Å². The van der Waals surface area contributed by atoms with Gasteiger partial charge in [0.25, 0.3) is 0 Å². The SMILES string of the molecule is CC(=O)CCSSCCC(=O)NCCNC(=O)CCCC[C@@H]1SC[C@@H]2NC(=O)N[C@@H]21. The molecule has 0 radical (unpaired) electrons. The van der Waals surface area contributed by atoms with Gasteiger partial charge in [0.05, 0.1) is 12.1 Å². The third kappa shape index (κ3) is 9.82. The largest absolute Gasteiger partial charge is 0.354 e. The van der Waals surface area contributed by atoms with Gasteiger partial charge in [-0.3, -0.25) is 14.4 Å². The number of carbonyl (C=O) groups excluding carboxylic acids is 4. The summed E-state index contributed by atoms with van der Waals surface area (Å²) >= 11 is 1.89. The molecule has 0 saturated carbocycles. The molecule has 2 rings (SSSR count). The molecule has 0 aliphatic carbocycles. The van der Waals surface area contributed by atoms with E-state index >= 15 is 0 Å². The van der Waals surface area contributed by atoms with Crippen LogP contribution in [0.25, 0.3) is 0 Å². The smallest absolute Gasteiger partial charge is 0.315 e. The van der Waals surface area contributed by atoms with E-state index in [2.05, 4.69) is 21.3 Å². The maximum atomic E-state index is 11.9. The molecular formula is C19H32N4O4S3. The van der Waals surface area contributed by atoms with Crippen molar-refractivity contribution in [1.82, 2.24) is 21.3 Å². The van der Waals surface area contributed by atoms with Crippen molar-refractivity contribution in [2.24, 2.45) is 0 Å². The van der Waals surface area contributed by atoms with E-state index in [-0.39, 0.29) is 35.7 Å². The van der Waals surface area contributed by atoms with Gasteiger partial charge in [-0.2, -0.15) is 11.8 Å². The number of carbonyl (C=O) groups is 4. The van der Waals surface area contributed by atoms with Gasteiger partial charge in [-0.25, -0.2) is 4.79 Å². The Labute approximate surface area is 190 Å². The predicted octanol–water partition coefficient (Wildman–Crippen LogP) is 1.70. The number of Topliss-reactive ketones (excluding diaryl/α,β-unsaturated/α-hetero) is 1. The Morgan fingerprint density at radius 3 is 2.37 bits per heavy atom. The van der Waals surface area contributed by atoms with E-state index in [0.29, 0.717) is 43.4 Å². The van der Waals surface area contributed by atoms with Crippen LogP contribution in [0.5, 0.6) is 0 Å². The number of ketones is 1. The molecule has 2 fully saturated rings. The van der Waals surface area contributed by atoms with Crippen LogP contribution in [0.1, 0.15) is 45.4 Å². The van der Waals surface area contributed by atoms with E-state index < -0.39 is 0 Å². The van der Waals surface area contributed by atoms with Gasteiger partial charge in [0.15, 0.2) is 0 Å². The van der Waals surface area contributed by atoms with Crippen molar-refractivity contribution >= 4 is 57.0 Å². The second kappa shape index (κ2) is 14.1. The number of urea groups is 1. The normalized spacial score (nSPS) is 22.2. The van der Waals surface area contributed by atoms with Crippen molar-refractivity contribution in [3.05, 3.63) is 0 Å². The van der Waals surface area contributed by atoms with Crippen molar-refractivity contribution in [3.63, 3.8) is 0 Å². The third-order valence-electron chi connectivity index (χ3n) is 4.88. The quantitative estimate of drug-likeness (QED) is 0.161. The molecule has 0 unspecified atom stereocenters. The van der Waals surface area contributed by atoms with Crippen LogP contribution in [-0.2, 0) is 14.4 Å². The van der Waals surface area contributed by atoms with Crippen molar-refractivity contribution < 1.29 is 19.2 Å². The van der Waals surface area contributed by atoms with Gasteiger partial charge in [-0.1, -0.05) is 28.0 Å². The van der Waals surface area contributed by atoms with Crippen molar-refractivity contribution in [1.29, 1.82) is 0 Å². The lowest BCUT2D eigenvalue weighted by atomic mass is 10.0. The predicted molar refractivity (Wildman–Crippen MR) is 125 cm³/mol. The number of nitrogens with one attached hydrogen (secondary N) is 4. The van der Waals surface area contributed by atoms with Crippen molar-refractivity contribution in [2.45, 2.75) is 62.8 Å². The van der Waals surface area contributed by atoms with Crippen LogP contribution in [0, 0.1) is 0 Å². The van der Waals surface area contributed by atoms with Crippen LogP contribution in [0.15, 0.2) is 0 Å². The van der Waals surface area contributed by atoms with Crippen LogP contribution in [0.3, 0.4) is 0 Å². The Hall–Kier alpha value is -1.07. The summed E-state index contributed by atoms with van der Waals surface area (Å²) in [6, 6.07) is 0.400. The number of fused-ring (bicyclic) bond motifs is 1. The van der Waals surface area contributed by atoms with Crippen LogP contribution < -0.4 is 21.3 Å². The second-order valence-electron chi connectivity index (χ2n) is 7.41. The zero-order valence-electron chi connectivity index (χ0n) is 17.4. The maximum absolute atomic E-state index is 11.9. The first kappa shape index (κ1) is 25.2. The highest BCUT2D eigenvalue weighted by Crippen LogP contribution is 2.33. The Balaban J connectivity index is 1.39. The number of amides is 4. The molecule has 4 N–H and O–H groups in total. The minimum Gasteiger partial charge on any atom is -0.354 e. The standard InChI is InChI=1S/C19H32N4O4S3/c1-13(24)6-10-29-30-11-7-17(26)21-9-8-20-16(25)5-3-2-4-15-18-14(12-28-15)22-19(27)23-18/h14-15,18H,2-12H2,1H3,(H,20,25)(H,21,26)(H2,22,23,27)/t14-,15-,18-/m0/s1. The molecule has 0 bridgehead atoms. The molecule has 0 aromatic carbocycles. The van der Waals surface area contributed by atoms with Gasteiger partial charge in [-0.05, 0) is 19.8 Å². The number of unbranched alkanes of at least 4 members (excludes halogenated alkanes) is 1. The van der Waals surface area contributed by atoms with E-state index in [4.69, 9.17) is 0 Å². The summed E-state index contributed by atoms with van der Waals surface area (Å²) in [4.78, 5) is 45.8. The van der Waals surface area contributed by atoms with Crippen LogP contribution >= 0.6 is 33.3 Å². The Morgan fingerprint density at radius 2 is 1.67 bits per heavy atom. The molecule has 0 spiro atoms. The molecule has 170 valence electrons. The van der Waals surface area contributed by atoms with Crippen LogP contribution in [-0.4, -0.2) is 71.3 Å². The van der Waals surface area contributed by atoms with Crippen LogP contribution in [0.4, 0.5) is 4.79 Å². The molecule has 2 aliphatic rings. The van der Waals surface area contributed by atoms with Gasteiger partial charge >= 0.3 is 6.03 Å². The summed E-state index contributed by atoms with van der Waals surface area (Å²) in [5.41, 5.74) is 0. The van der Waals surface area contributed by atoms with Gasteiger partial charge < -0.3 is 21.3 Å². The fourth-order valence-corrected chi connectivity index (χ4v) is 6.92. The summed E-state index contributed by atoms with van der Waals surface area (Å²) in [7, 11) is 3.22. The first-order chi connectivity index (χ1) is 14.5.